The largest absolute Gasteiger partial charge is 0.347 e. The summed E-state index contributed by atoms with van der Waals surface area (Å²) in [7, 11) is 0. The molecule has 0 fully saturated rings. The average Bonchev–Trinajstić information content (AvgIpc) is 2.29. The van der Waals surface area contributed by atoms with Crippen molar-refractivity contribution in [3.8, 4) is 0 Å². The van der Waals surface area contributed by atoms with Gasteiger partial charge in [-0.25, -0.2) is 0 Å². The number of hydrogen-bond donors (Lipinski definition) is 2. The maximum Gasteiger partial charge on any atom is 0.313 e. The first-order chi connectivity index (χ1) is 7.63. The lowest BCUT2D eigenvalue weighted by molar-refractivity contribution is -0.136. The summed E-state index contributed by atoms with van der Waals surface area (Å²) in [6, 6.07) is 6.45. The molecule has 0 aromatic heterocycles. The number of anilines is 1. The molecule has 0 saturated carbocycles. The second-order valence-electron chi connectivity index (χ2n) is 2.91. The van der Waals surface area contributed by atoms with Gasteiger partial charge in [0, 0.05) is 23.1 Å². The smallest absolute Gasteiger partial charge is 0.313 e. The van der Waals surface area contributed by atoms with E-state index in [1.807, 2.05) is 0 Å². The second-order valence-corrected chi connectivity index (χ2v) is 3.72. The van der Waals surface area contributed by atoms with Gasteiger partial charge in [0.2, 0.25) is 0 Å². The number of alkyl halides is 1. The van der Waals surface area contributed by atoms with Crippen LogP contribution in [0, 0.1) is 0 Å². The highest BCUT2D eigenvalue weighted by Gasteiger charge is 2.12. The van der Waals surface area contributed by atoms with Crippen molar-refractivity contribution in [2.75, 3.05) is 17.7 Å². The van der Waals surface area contributed by atoms with Gasteiger partial charge in [0.05, 0.1) is 0 Å². The fourth-order valence-corrected chi connectivity index (χ4v) is 1.18. The number of carbonyl (C=O) groups excluding carboxylic acids is 2. The summed E-state index contributed by atoms with van der Waals surface area (Å²) in [6.45, 7) is 0.258. The molecule has 0 heterocycles. The molecular weight excluding hydrogens is 251 g/mol. The Morgan fingerprint density at radius 2 is 1.75 bits per heavy atom. The van der Waals surface area contributed by atoms with Crippen LogP contribution in [0.2, 0.25) is 5.02 Å². The van der Waals surface area contributed by atoms with Crippen molar-refractivity contribution in [3.63, 3.8) is 0 Å². The SMILES string of the molecule is O=C(NCCCl)C(=O)Nc1ccc(Cl)cc1. The van der Waals surface area contributed by atoms with Crippen LogP contribution in [0.1, 0.15) is 0 Å². The molecule has 0 radical (unpaired) electrons. The normalized spacial score (nSPS) is 9.62. The Balaban J connectivity index is 2.51. The molecule has 0 bridgehead atoms. The molecule has 0 aliphatic carbocycles. The first-order valence-electron chi connectivity index (χ1n) is 4.54. The van der Waals surface area contributed by atoms with E-state index < -0.39 is 11.8 Å². The molecule has 86 valence electrons. The van der Waals surface area contributed by atoms with E-state index in [2.05, 4.69) is 10.6 Å². The molecule has 1 aromatic carbocycles. The van der Waals surface area contributed by atoms with E-state index in [9.17, 15) is 9.59 Å². The van der Waals surface area contributed by atoms with Gasteiger partial charge in [-0.3, -0.25) is 9.59 Å². The standard InChI is InChI=1S/C10H10Cl2N2O2/c11-5-6-13-9(15)10(16)14-8-3-1-7(12)2-4-8/h1-4H,5-6H2,(H,13,15)(H,14,16). The third-order valence-electron chi connectivity index (χ3n) is 1.69. The van der Waals surface area contributed by atoms with E-state index in [4.69, 9.17) is 23.2 Å². The van der Waals surface area contributed by atoms with Crippen molar-refractivity contribution >= 4 is 40.7 Å². The summed E-state index contributed by atoms with van der Waals surface area (Å²) in [5.74, 6) is -1.18. The van der Waals surface area contributed by atoms with Crippen molar-refractivity contribution in [1.29, 1.82) is 0 Å². The van der Waals surface area contributed by atoms with Crippen LogP contribution in [0.25, 0.3) is 0 Å². The number of carbonyl (C=O) groups is 2. The first kappa shape index (κ1) is 12.8. The number of halogens is 2. The van der Waals surface area contributed by atoms with E-state index in [0.29, 0.717) is 10.7 Å². The minimum absolute atomic E-state index is 0.258. The monoisotopic (exact) mass is 260 g/mol. The fraction of sp³-hybridized carbons (Fsp3) is 0.200. The molecule has 6 heteroatoms. The van der Waals surface area contributed by atoms with Crippen molar-refractivity contribution in [3.05, 3.63) is 29.3 Å². The predicted octanol–water partition coefficient (Wildman–Crippen LogP) is 1.63. The zero-order chi connectivity index (χ0) is 12.0. The highest BCUT2D eigenvalue weighted by Crippen LogP contribution is 2.12. The molecule has 4 nitrogen and oxygen atoms in total. The van der Waals surface area contributed by atoms with E-state index in [1.54, 1.807) is 24.3 Å². The third kappa shape index (κ3) is 4.08. The van der Waals surface area contributed by atoms with Gasteiger partial charge in [0.25, 0.3) is 0 Å². The van der Waals surface area contributed by atoms with Crippen LogP contribution < -0.4 is 10.6 Å². The topological polar surface area (TPSA) is 58.2 Å². The summed E-state index contributed by atoms with van der Waals surface area (Å²) in [5, 5.41) is 5.34. The van der Waals surface area contributed by atoms with Crippen molar-refractivity contribution < 1.29 is 9.59 Å². The van der Waals surface area contributed by atoms with Crippen molar-refractivity contribution in [1.82, 2.24) is 5.32 Å². The van der Waals surface area contributed by atoms with Gasteiger partial charge in [-0.1, -0.05) is 11.6 Å². The van der Waals surface area contributed by atoms with E-state index in [0.717, 1.165) is 0 Å². The number of nitrogens with one attached hydrogen (secondary N) is 2. The predicted molar refractivity (Wildman–Crippen MR) is 63.8 cm³/mol. The van der Waals surface area contributed by atoms with E-state index in [-0.39, 0.29) is 12.4 Å². The molecule has 0 saturated heterocycles. The summed E-state index contributed by atoms with van der Waals surface area (Å²) in [5.41, 5.74) is 0.510. The Morgan fingerprint density at radius 1 is 1.12 bits per heavy atom. The quantitative estimate of drug-likeness (QED) is 0.641. The maximum absolute atomic E-state index is 11.3. The number of hydrogen-bond acceptors (Lipinski definition) is 2. The highest BCUT2D eigenvalue weighted by atomic mass is 35.5. The van der Waals surface area contributed by atoms with Crippen molar-refractivity contribution in [2.24, 2.45) is 0 Å². The summed E-state index contributed by atoms with van der Waals surface area (Å²) < 4.78 is 0. The summed E-state index contributed by atoms with van der Waals surface area (Å²) in [6.07, 6.45) is 0. The molecule has 16 heavy (non-hydrogen) atoms. The lowest BCUT2D eigenvalue weighted by atomic mass is 10.3. The van der Waals surface area contributed by atoms with E-state index >= 15 is 0 Å². The first-order valence-corrected chi connectivity index (χ1v) is 5.45. The molecular formula is C10H10Cl2N2O2. The molecule has 0 spiro atoms. The molecule has 1 rings (SSSR count). The average molecular weight is 261 g/mol. The van der Waals surface area contributed by atoms with Crippen LogP contribution in [0.5, 0.6) is 0 Å². The zero-order valence-corrected chi connectivity index (χ0v) is 9.81. The van der Waals surface area contributed by atoms with Gasteiger partial charge in [-0.2, -0.15) is 0 Å². The highest BCUT2D eigenvalue weighted by molar-refractivity contribution is 6.39. The molecule has 1 aromatic rings. The minimum atomic E-state index is -0.729. The Bertz CT molecular complexity index is 379. The Morgan fingerprint density at radius 3 is 2.31 bits per heavy atom. The van der Waals surface area contributed by atoms with Gasteiger partial charge < -0.3 is 10.6 Å². The number of amides is 2. The van der Waals surface area contributed by atoms with Gasteiger partial charge in [-0.15, -0.1) is 11.6 Å². The Hall–Kier alpha value is -1.26. The lowest BCUT2D eigenvalue weighted by Gasteiger charge is -2.05. The Kier molecular flexibility index (Phi) is 5.08. The molecule has 0 aliphatic heterocycles. The van der Waals surface area contributed by atoms with Crippen LogP contribution >= 0.6 is 23.2 Å². The molecule has 0 atom stereocenters. The lowest BCUT2D eigenvalue weighted by Crippen LogP contribution is -2.36. The van der Waals surface area contributed by atoms with Crippen LogP contribution in [0.3, 0.4) is 0 Å². The third-order valence-corrected chi connectivity index (χ3v) is 2.13. The van der Waals surface area contributed by atoms with Crippen LogP contribution in [0.4, 0.5) is 5.69 Å². The summed E-state index contributed by atoms with van der Waals surface area (Å²) in [4.78, 5) is 22.5. The Labute approximate surface area is 103 Å². The number of benzene rings is 1. The van der Waals surface area contributed by atoms with E-state index in [1.165, 1.54) is 0 Å². The second kappa shape index (κ2) is 6.35. The summed E-state index contributed by atoms with van der Waals surface area (Å²) >= 11 is 11.0. The van der Waals surface area contributed by atoms with Gasteiger partial charge in [-0.05, 0) is 24.3 Å². The van der Waals surface area contributed by atoms with Crippen LogP contribution in [-0.2, 0) is 9.59 Å². The minimum Gasteiger partial charge on any atom is -0.347 e. The molecule has 0 aliphatic rings. The molecule has 0 unspecified atom stereocenters. The van der Waals surface area contributed by atoms with Gasteiger partial charge >= 0.3 is 11.8 Å². The number of rotatable bonds is 3. The van der Waals surface area contributed by atoms with Gasteiger partial charge in [0.15, 0.2) is 0 Å². The van der Waals surface area contributed by atoms with Crippen molar-refractivity contribution in [2.45, 2.75) is 0 Å². The molecule has 2 N–H and O–H groups in total. The van der Waals surface area contributed by atoms with Gasteiger partial charge in [0.1, 0.15) is 0 Å². The molecule has 2 amide bonds. The van der Waals surface area contributed by atoms with Crippen LogP contribution in [-0.4, -0.2) is 24.2 Å². The van der Waals surface area contributed by atoms with Crippen LogP contribution in [0.15, 0.2) is 24.3 Å². The maximum atomic E-state index is 11.3. The zero-order valence-electron chi connectivity index (χ0n) is 8.30. The fourth-order valence-electron chi connectivity index (χ4n) is 0.962.